The zero-order valence-corrected chi connectivity index (χ0v) is 13.9. The number of carbonyl (C=O) groups is 1. The number of nitrogens with zero attached hydrogens (tertiary/aromatic N) is 3. The first-order valence-corrected chi connectivity index (χ1v) is 8.41. The van der Waals surface area contributed by atoms with Crippen LogP contribution >= 0.6 is 0 Å². The first kappa shape index (κ1) is 16.1. The lowest BCUT2D eigenvalue weighted by molar-refractivity contribution is -0.0835. The number of aromatic amines is 1. The smallest absolute Gasteiger partial charge is 0.330 e. The highest BCUT2D eigenvalue weighted by Crippen LogP contribution is 2.44. The van der Waals surface area contributed by atoms with Gasteiger partial charge in [0.1, 0.15) is 30.2 Å². The van der Waals surface area contributed by atoms with Gasteiger partial charge in [-0.15, -0.1) is 0 Å². The van der Waals surface area contributed by atoms with E-state index in [2.05, 4.69) is 20.3 Å². The number of benzene rings is 1. The zero-order chi connectivity index (χ0) is 18.5. The van der Waals surface area contributed by atoms with E-state index in [1.807, 2.05) is 6.07 Å². The van der Waals surface area contributed by atoms with Crippen molar-refractivity contribution in [3.63, 3.8) is 0 Å². The van der Waals surface area contributed by atoms with Crippen LogP contribution in [0.4, 0.5) is 5.82 Å². The van der Waals surface area contributed by atoms with Crippen molar-refractivity contribution in [1.29, 1.82) is 0 Å². The molecule has 3 N–H and O–H groups in total. The fourth-order valence-corrected chi connectivity index (χ4v) is 3.39. The number of hydrogen-bond acceptors (Lipinski definition) is 7. The minimum atomic E-state index is -0.694. The summed E-state index contributed by atoms with van der Waals surface area (Å²) in [5, 5.41) is 12.0. The Bertz CT molecular complexity index is 1080. The molecule has 27 heavy (non-hydrogen) atoms. The zero-order valence-electron chi connectivity index (χ0n) is 13.9. The van der Waals surface area contributed by atoms with Gasteiger partial charge in [-0.25, -0.2) is 19.3 Å². The summed E-state index contributed by atoms with van der Waals surface area (Å²) >= 11 is 0. The molecule has 0 radical (unpaired) electrons. The number of aliphatic hydroxyl groups is 1. The number of ether oxygens (including phenoxy) is 2. The minimum absolute atomic E-state index is 0.190. The van der Waals surface area contributed by atoms with Crippen LogP contribution in [-0.4, -0.2) is 55.5 Å². The molecule has 0 bridgehead atoms. The maximum atomic E-state index is 12.5. The molecule has 2 aliphatic rings. The lowest BCUT2D eigenvalue weighted by Crippen LogP contribution is -2.28. The first-order chi connectivity index (χ1) is 13.2. The Morgan fingerprint density at radius 1 is 1.22 bits per heavy atom. The van der Waals surface area contributed by atoms with Crippen molar-refractivity contribution in [3.05, 3.63) is 52.7 Å². The van der Waals surface area contributed by atoms with Crippen molar-refractivity contribution in [1.82, 2.24) is 19.5 Å². The fourth-order valence-electron chi connectivity index (χ4n) is 3.39. The number of nitrogens with one attached hydrogen (secondary N) is 2. The topological polar surface area (TPSA) is 135 Å². The van der Waals surface area contributed by atoms with Crippen molar-refractivity contribution in [2.45, 2.75) is 24.5 Å². The fraction of sp³-hybridized carbons (Fsp3) is 0.294. The quantitative estimate of drug-likeness (QED) is 0.552. The van der Waals surface area contributed by atoms with Crippen LogP contribution in [0.15, 0.2) is 41.5 Å². The lowest BCUT2D eigenvalue weighted by Gasteiger charge is -2.16. The maximum Gasteiger partial charge on any atom is 0.330 e. The Balaban J connectivity index is 1.51. The molecule has 5 rings (SSSR count). The van der Waals surface area contributed by atoms with Crippen LogP contribution in [-0.2, 0) is 9.47 Å². The monoisotopic (exact) mass is 369 g/mol. The molecule has 2 aromatic heterocycles. The molecule has 4 atom stereocenters. The van der Waals surface area contributed by atoms with Gasteiger partial charge in [-0.1, -0.05) is 18.2 Å². The van der Waals surface area contributed by atoms with Crippen LogP contribution in [0, 0.1) is 0 Å². The Hall–Kier alpha value is -3.08. The van der Waals surface area contributed by atoms with Crippen molar-refractivity contribution >= 4 is 22.9 Å². The van der Waals surface area contributed by atoms with Crippen LogP contribution < -0.4 is 11.0 Å². The SMILES string of the molecule is O=C(Nc1ncnc2c1[nH]c(=O)n2[C@@H]1O[C@H](CO)[C@H]2O[C@H]21)c1ccccc1. The Kier molecular flexibility index (Phi) is 3.57. The van der Waals surface area contributed by atoms with Gasteiger partial charge in [-0.05, 0) is 12.1 Å². The molecular weight excluding hydrogens is 354 g/mol. The van der Waals surface area contributed by atoms with E-state index in [0.717, 1.165) is 0 Å². The predicted molar refractivity (Wildman–Crippen MR) is 92.2 cm³/mol. The molecule has 4 heterocycles. The van der Waals surface area contributed by atoms with E-state index >= 15 is 0 Å². The van der Waals surface area contributed by atoms with Gasteiger partial charge in [0.05, 0.1) is 6.61 Å². The molecule has 10 nitrogen and oxygen atoms in total. The maximum absolute atomic E-state index is 12.5. The molecule has 1 aromatic carbocycles. The second-order valence-corrected chi connectivity index (χ2v) is 6.35. The summed E-state index contributed by atoms with van der Waals surface area (Å²) in [5.41, 5.74) is 0.583. The van der Waals surface area contributed by atoms with E-state index in [9.17, 15) is 14.7 Å². The molecule has 3 aromatic rings. The molecule has 138 valence electrons. The summed E-state index contributed by atoms with van der Waals surface area (Å²) in [5.74, 6) is -0.165. The summed E-state index contributed by atoms with van der Waals surface area (Å²) in [7, 11) is 0. The summed E-state index contributed by atoms with van der Waals surface area (Å²) < 4.78 is 12.5. The molecule has 0 saturated carbocycles. The van der Waals surface area contributed by atoms with Crippen molar-refractivity contribution < 1.29 is 19.4 Å². The van der Waals surface area contributed by atoms with Crippen LogP contribution in [0.1, 0.15) is 16.6 Å². The number of anilines is 1. The molecule has 2 fully saturated rings. The largest absolute Gasteiger partial charge is 0.394 e. The molecule has 0 spiro atoms. The molecule has 0 aliphatic carbocycles. The summed E-state index contributed by atoms with van der Waals surface area (Å²) in [6.45, 7) is -0.192. The van der Waals surface area contributed by atoms with E-state index in [1.165, 1.54) is 10.9 Å². The average molecular weight is 369 g/mol. The highest BCUT2D eigenvalue weighted by Gasteiger charge is 2.59. The standard InChI is InChI=1S/C17H15N5O5/c23-6-9-11-12(27-11)16(26-9)22-14-10(20-17(22)25)13(18-7-19-14)21-15(24)8-4-2-1-3-5-8/h1-5,7,9,11-12,16,23H,6H2,(H,20,25)(H,18,19,21,24)/t9-,11-,12-,16-/m1/s1. The van der Waals surface area contributed by atoms with Crippen molar-refractivity contribution in [2.24, 2.45) is 0 Å². The van der Waals surface area contributed by atoms with E-state index in [-0.39, 0.29) is 36.2 Å². The van der Waals surface area contributed by atoms with Crippen LogP contribution in [0.2, 0.25) is 0 Å². The summed E-state index contributed by atoms with van der Waals surface area (Å²) in [6, 6.07) is 8.67. The number of aromatic nitrogens is 4. The third kappa shape index (κ3) is 2.53. The van der Waals surface area contributed by atoms with Gasteiger partial charge in [0.25, 0.3) is 5.91 Å². The normalized spacial score (nSPS) is 26.1. The Labute approximate surface area is 151 Å². The lowest BCUT2D eigenvalue weighted by atomic mass is 10.2. The molecule has 10 heteroatoms. The predicted octanol–water partition coefficient (Wildman–Crippen LogP) is 0.0290. The van der Waals surface area contributed by atoms with E-state index < -0.39 is 18.0 Å². The number of amides is 1. The van der Waals surface area contributed by atoms with Gasteiger partial charge in [-0.2, -0.15) is 0 Å². The molecular formula is C17H15N5O5. The number of hydrogen-bond donors (Lipinski definition) is 3. The van der Waals surface area contributed by atoms with Gasteiger partial charge in [0, 0.05) is 5.56 Å². The van der Waals surface area contributed by atoms with E-state index in [1.54, 1.807) is 24.3 Å². The Morgan fingerprint density at radius 2 is 2.04 bits per heavy atom. The Morgan fingerprint density at radius 3 is 2.78 bits per heavy atom. The average Bonchev–Trinajstić information content (AvgIpc) is 3.29. The first-order valence-electron chi connectivity index (χ1n) is 8.41. The second kappa shape index (κ2) is 5.98. The number of imidazole rings is 1. The van der Waals surface area contributed by atoms with Gasteiger partial charge in [-0.3, -0.25) is 4.79 Å². The highest BCUT2D eigenvalue weighted by atomic mass is 16.7. The molecule has 1 amide bonds. The van der Waals surface area contributed by atoms with Crippen molar-refractivity contribution in [2.75, 3.05) is 11.9 Å². The number of epoxide rings is 1. The number of H-pyrrole nitrogens is 1. The van der Waals surface area contributed by atoms with E-state index in [4.69, 9.17) is 9.47 Å². The number of rotatable bonds is 4. The van der Waals surface area contributed by atoms with Gasteiger partial charge in [0.2, 0.25) is 0 Å². The number of carbonyl (C=O) groups excluding carboxylic acids is 1. The number of fused-ring (bicyclic) bond motifs is 2. The summed E-state index contributed by atoms with van der Waals surface area (Å²) in [6.07, 6.45) is -0.444. The second-order valence-electron chi connectivity index (χ2n) is 6.35. The third-order valence-corrected chi connectivity index (χ3v) is 4.73. The van der Waals surface area contributed by atoms with Crippen LogP contribution in [0.25, 0.3) is 11.2 Å². The third-order valence-electron chi connectivity index (χ3n) is 4.73. The van der Waals surface area contributed by atoms with Gasteiger partial charge in [0.15, 0.2) is 17.7 Å². The number of aliphatic hydroxyl groups excluding tert-OH is 1. The van der Waals surface area contributed by atoms with Crippen LogP contribution in [0.3, 0.4) is 0 Å². The molecule has 2 aliphatic heterocycles. The van der Waals surface area contributed by atoms with Gasteiger partial charge >= 0.3 is 5.69 Å². The highest BCUT2D eigenvalue weighted by molar-refractivity contribution is 6.06. The summed E-state index contributed by atoms with van der Waals surface area (Å²) in [4.78, 5) is 35.8. The van der Waals surface area contributed by atoms with Crippen LogP contribution in [0.5, 0.6) is 0 Å². The van der Waals surface area contributed by atoms with Gasteiger partial charge < -0.3 is 24.9 Å². The van der Waals surface area contributed by atoms with E-state index in [0.29, 0.717) is 11.1 Å². The van der Waals surface area contributed by atoms with Crippen molar-refractivity contribution in [3.8, 4) is 0 Å². The molecule has 2 saturated heterocycles. The minimum Gasteiger partial charge on any atom is -0.394 e. The molecule has 0 unspecified atom stereocenters.